The summed E-state index contributed by atoms with van der Waals surface area (Å²) in [7, 11) is 0. The summed E-state index contributed by atoms with van der Waals surface area (Å²) in [5, 5.41) is 0. The summed E-state index contributed by atoms with van der Waals surface area (Å²) in [6.07, 6.45) is 4.26. The van der Waals surface area contributed by atoms with Gasteiger partial charge in [-0.15, -0.1) is 0 Å². The van der Waals surface area contributed by atoms with Crippen LogP contribution in [0.4, 0.5) is 5.82 Å². The monoisotopic (exact) mass is 307 g/mol. The first-order valence-corrected chi connectivity index (χ1v) is 7.77. The normalized spacial score (nSPS) is 13.9. The number of benzene rings is 1. The first-order valence-electron chi connectivity index (χ1n) is 7.77. The van der Waals surface area contributed by atoms with Gasteiger partial charge in [0.2, 0.25) is 5.88 Å². The van der Waals surface area contributed by atoms with E-state index in [1.165, 1.54) is 0 Å². The molecule has 2 aromatic heterocycles. The fraction of sp³-hybridized carbons (Fsp3) is 0.294. The minimum absolute atomic E-state index is 0.596. The molecular weight excluding hydrogens is 290 g/mol. The molecule has 0 radical (unpaired) electrons. The molecule has 1 aliphatic rings. The van der Waals surface area contributed by atoms with E-state index in [9.17, 15) is 0 Å². The largest absolute Gasteiger partial charge is 0.478 e. The summed E-state index contributed by atoms with van der Waals surface area (Å²) in [6.45, 7) is 4.12. The molecular formula is C17H17N5O. The van der Waals surface area contributed by atoms with E-state index < -0.39 is 0 Å². The maximum atomic E-state index is 5.64. The zero-order valence-electron chi connectivity index (χ0n) is 12.9. The van der Waals surface area contributed by atoms with Crippen LogP contribution in [-0.2, 0) is 13.0 Å². The second-order valence-corrected chi connectivity index (χ2v) is 5.43. The Morgan fingerprint density at radius 2 is 2.00 bits per heavy atom. The van der Waals surface area contributed by atoms with Crippen molar-refractivity contribution < 1.29 is 4.74 Å². The van der Waals surface area contributed by atoms with Gasteiger partial charge in [0.25, 0.3) is 0 Å². The van der Waals surface area contributed by atoms with Gasteiger partial charge in [-0.1, -0.05) is 12.1 Å². The van der Waals surface area contributed by atoms with Crippen molar-refractivity contribution in [2.24, 2.45) is 0 Å². The first kappa shape index (κ1) is 13.9. The van der Waals surface area contributed by atoms with Crippen molar-refractivity contribution >= 4 is 16.9 Å². The third-order valence-electron chi connectivity index (χ3n) is 4.00. The van der Waals surface area contributed by atoms with E-state index in [-0.39, 0.29) is 0 Å². The van der Waals surface area contributed by atoms with E-state index in [2.05, 4.69) is 19.9 Å². The number of rotatable bonds is 3. The molecule has 0 atom stereocenters. The smallest absolute Gasteiger partial charge is 0.221 e. The summed E-state index contributed by atoms with van der Waals surface area (Å²) < 4.78 is 5.64. The molecule has 0 N–H and O–H groups in total. The lowest BCUT2D eigenvalue weighted by molar-refractivity contribution is 0.320. The van der Waals surface area contributed by atoms with E-state index in [1.54, 1.807) is 6.33 Å². The summed E-state index contributed by atoms with van der Waals surface area (Å²) in [4.78, 5) is 20.1. The lowest BCUT2D eigenvalue weighted by Gasteiger charge is -2.29. The molecule has 3 aromatic rings. The number of hydrogen-bond acceptors (Lipinski definition) is 6. The third-order valence-corrected chi connectivity index (χ3v) is 4.00. The van der Waals surface area contributed by atoms with Gasteiger partial charge in [-0.3, -0.25) is 4.98 Å². The van der Waals surface area contributed by atoms with Gasteiger partial charge in [0.1, 0.15) is 12.1 Å². The van der Waals surface area contributed by atoms with Crippen LogP contribution < -0.4 is 9.64 Å². The van der Waals surface area contributed by atoms with Crippen LogP contribution in [0.25, 0.3) is 11.0 Å². The van der Waals surface area contributed by atoms with Crippen molar-refractivity contribution in [3.63, 3.8) is 0 Å². The van der Waals surface area contributed by atoms with Crippen LogP contribution in [0.1, 0.15) is 18.2 Å². The lowest BCUT2D eigenvalue weighted by Crippen LogP contribution is -2.32. The predicted molar refractivity (Wildman–Crippen MR) is 87.5 cm³/mol. The zero-order valence-corrected chi connectivity index (χ0v) is 12.9. The number of anilines is 1. The van der Waals surface area contributed by atoms with Crippen LogP contribution in [0.15, 0.2) is 36.8 Å². The Bertz CT molecular complexity index is 851. The number of aromatic nitrogens is 4. The topological polar surface area (TPSA) is 64.0 Å². The van der Waals surface area contributed by atoms with Crippen LogP contribution in [0.5, 0.6) is 5.88 Å². The SMILES string of the molecule is CCOc1ncnc2c1CN(c1cnc3ccccc3n1)CC2. The lowest BCUT2D eigenvalue weighted by atomic mass is 10.1. The van der Waals surface area contributed by atoms with Gasteiger partial charge in [0.05, 0.1) is 41.6 Å². The highest BCUT2D eigenvalue weighted by Gasteiger charge is 2.23. The van der Waals surface area contributed by atoms with Gasteiger partial charge in [0.15, 0.2) is 0 Å². The predicted octanol–water partition coefficient (Wildman–Crippen LogP) is 2.38. The maximum absolute atomic E-state index is 5.64. The van der Waals surface area contributed by atoms with Crippen molar-refractivity contribution in [1.82, 2.24) is 19.9 Å². The van der Waals surface area contributed by atoms with Crippen molar-refractivity contribution in [2.75, 3.05) is 18.1 Å². The van der Waals surface area contributed by atoms with Crippen molar-refractivity contribution in [2.45, 2.75) is 19.9 Å². The molecule has 6 nitrogen and oxygen atoms in total. The number of ether oxygens (including phenoxy) is 1. The third kappa shape index (κ3) is 2.56. The van der Waals surface area contributed by atoms with Gasteiger partial charge in [0, 0.05) is 13.0 Å². The molecule has 0 spiro atoms. The molecule has 1 aromatic carbocycles. The molecule has 6 heteroatoms. The van der Waals surface area contributed by atoms with E-state index >= 15 is 0 Å². The van der Waals surface area contributed by atoms with Crippen LogP contribution in [0.2, 0.25) is 0 Å². The molecule has 0 saturated carbocycles. The Hall–Kier alpha value is -2.76. The highest BCUT2D eigenvalue weighted by atomic mass is 16.5. The summed E-state index contributed by atoms with van der Waals surface area (Å²) in [5.41, 5.74) is 3.93. The van der Waals surface area contributed by atoms with Gasteiger partial charge < -0.3 is 9.64 Å². The Kier molecular flexibility index (Phi) is 3.49. The number of fused-ring (bicyclic) bond motifs is 2. The van der Waals surface area contributed by atoms with E-state index in [1.807, 2.05) is 37.4 Å². The first-order chi connectivity index (χ1) is 11.3. The van der Waals surface area contributed by atoms with Crippen molar-refractivity contribution in [1.29, 1.82) is 0 Å². The molecule has 0 unspecified atom stereocenters. The highest BCUT2D eigenvalue weighted by molar-refractivity contribution is 5.75. The minimum atomic E-state index is 0.596. The standard InChI is InChI=1S/C17H17N5O/c1-2-23-17-12-10-22(8-7-13(12)19-11-20-17)16-9-18-14-5-3-4-6-15(14)21-16/h3-6,9,11H,2,7-8,10H2,1H3. The van der Waals surface area contributed by atoms with Crippen LogP contribution >= 0.6 is 0 Å². The van der Waals surface area contributed by atoms with E-state index in [4.69, 9.17) is 9.72 Å². The molecule has 4 rings (SSSR count). The molecule has 0 bridgehead atoms. The Balaban J connectivity index is 1.68. The van der Waals surface area contributed by atoms with E-state index in [0.29, 0.717) is 19.0 Å². The molecule has 0 saturated heterocycles. The van der Waals surface area contributed by atoms with Gasteiger partial charge in [-0.25, -0.2) is 15.0 Å². The molecule has 23 heavy (non-hydrogen) atoms. The molecule has 1 aliphatic heterocycles. The number of para-hydroxylation sites is 2. The summed E-state index contributed by atoms with van der Waals surface area (Å²) in [6, 6.07) is 7.91. The quantitative estimate of drug-likeness (QED) is 0.740. The fourth-order valence-corrected chi connectivity index (χ4v) is 2.87. The molecule has 0 amide bonds. The van der Waals surface area contributed by atoms with E-state index in [0.717, 1.165) is 41.1 Å². The minimum Gasteiger partial charge on any atom is -0.478 e. The second-order valence-electron chi connectivity index (χ2n) is 5.43. The fourth-order valence-electron chi connectivity index (χ4n) is 2.87. The van der Waals surface area contributed by atoms with Crippen molar-refractivity contribution in [3.05, 3.63) is 48.0 Å². The maximum Gasteiger partial charge on any atom is 0.221 e. The zero-order chi connectivity index (χ0) is 15.6. The van der Waals surface area contributed by atoms with Gasteiger partial charge in [-0.05, 0) is 19.1 Å². The van der Waals surface area contributed by atoms with Crippen molar-refractivity contribution in [3.8, 4) is 5.88 Å². The van der Waals surface area contributed by atoms with Gasteiger partial charge >= 0.3 is 0 Å². The van der Waals surface area contributed by atoms with Crippen LogP contribution in [0, 0.1) is 0 Å². The highest BCUT2D eigenvalue weighted by Crippen LogP contribution is 2.27. The average molecular weight is 307 g/mol. The number of nitrogens with zero attached hydrogens (tertiary/aromatic N) is 5. The molecule has 116 valence electrons. The summed E-state index contributed by atoms with van der Waals surface area (Å²) >= 11 is 0. The molecule has 0 fully saturated rings. The summed E-state index contributed by atoms with van der Waals surface area (Å²) in [5.74, 6) is 1.55. The number of hydrogen-bond donors (Lipinski definition) is 0. The molecule has 0 aliphatic carbocycles. The van der Waals surface area contributed by atoms with Crippen LogP contribution in [-0.4, -0.2) is 33.1 Å². The Morgan fingerprint density at radius 1 is 1.13 bits per heavy atom. The Labute approximate surface area is 134 Å². The average Bonchev–Trinajstić information content (AvgIpc) is 2.61. The van der Waals surface area contributed by atoms with Gasteiger partial charge in [-0.2, -0.15) is 0 Å². The Morgan fingerprint density at radius 3 is 2.87 bits per heavy atom. The second kappa shape index (κ2) is 5.79. The van der Waals surface area contributed by atoms with Crippen LogP contribution in [0.3, 0.4) is 0 Å². The molecule has 3 heterocycles.